The third-order valence-electron chi connectivity index (χ3n) is 1.78. The lowest BCUT2D eigenvalue weighted by Crippen LogP contribution is -2.53. The van der Waals surface area contributed by atoms with E-state index in [2.05, 4.69) is 0 Å². The second kappa shape index (κ2) is 5.65. The number of aliphatic hydroxyl groups excluding tert-OH is 4. The molecule has 6 N–H and O–H groups in total. The topological polar surface area (TPSA) is 196 Å². The van der Waals surface area contributed by atoms with E-state index >= 15 is 0 Å². The van der Waals surface area contributed by atoms with Gasteiger partial charge in [-0.2, -0.15) is 0 Å². The highest BCUT2D eigenvalue weighted by Crippen LogP contribution is 2.37. The zero-order valence-corrected chi connectivity index (χ0v) is 8.97. The molecule has 0 fully saturated rings. The van der Waals surface area contributed by atoms with Crippen molar-refractivity contribution in [3.05, 3.63) is 0 Å². The van der Waals surface area contributed by atoms with Crippen LogP contribution in [0.25, 0.3) is 0 Å². The summed E-state index contributed by atoms with van der Waals surface area (Å²) in [6, 6.07) is 0. The van der Waals surface area contributed by atoms with Crippen molar-refractivity contribution in [2.24, 2.45) is 0 Å². The number of hydrogen-bond donors (Lipinski definition) is 6. The molecule has 11 heteroatoms. The van der Waals surface area contributed by atoms with Crippen LogP contribution in [0.3, 0.4) is 0 Å². The van der Waals surface area contributed by atoms with Crippen molar-refractivity contribution >= 4 is 19.1 Å². The van der Waals surface area contributed by atoms with Crippen LogP contribution in [0.15, 0.2) is 0 Å². The van der Waals surface area contributed by atoms with Gasteiger partial charge in [0.2, 0.25) is 0 Å². The zero-order chi connectivity index (χ0) is 14.0. The first-order chi connectivity index (χ1) is 7.50. The maximum atomic E-state index is 10.8. The monoisotopic (exact) mass is 273 g/mol. The second-order valence-electron chi connectivity index (χ2n) is 3.07. The van der Waals surface area contributed by atoms with Gasteiger partial charge in [0, 0.05) is 0 Å². The zero-order valence-electron chi connectivity index (χ0n) is 8.07. The fraction of sp³-hybridized carbons (Fsp3) is 0.667. The van der Waals surface area contributed by atoms with E-state index in [1.54, 1.807) is 0 Å². The van der Waals surface area contributed by atoms with Gasteiger partial charge in [-0.05, 0) is 0 Å². The number of hydrogen-bond acceptors (Lipinski definition) is 8. The summed E-state index contributed by atoms with van der Waals surface area (Å²) in [6.07, 6.45) is -10.5. The summed E-state index contributed by atoms with van der Waals surface area (Å²) in [5.41, 5.74) is -2.12. The van der Waals surface area contributed by atoms with Crippen LogP contribution in [-0.2, 0) is 14.2 Å². The summed E-state index contributed by atoms with van der Waals surface area (Å²) >= 11 is 0. The summed E-state index contributed by atoms with van der Waals surface area (Å²) in [4.78, 5) is 37.6. The standard InChI is InChI=1S/C6H11O10P/c7-1(3(9)5(11)12)2(8)4(10)6(13)17(14,15)16/h1-4,7-10H,(H,11,12)(H2,14,15,16)/p-1/t1-,2-,3-,4+/m0/s1. The predicted octanol–water partition coefficient (Wildman–Crippen LogP) is -5.12. The van der Waals surface area contributed by atoms with Gasteiger partial charge in [-0.1, -0.05) is 0 Å². The molecule has 0 aliphatic carbocycles. The van der Waals surface area contributed by atoms with Crippen LogP contribution in [0.1, 0.15) is 0 Å². The van der Waals surface area contributed by atoms with Crippen molar-refractivity contribution < 1.29 is 49.5 Å². The van der Waals surface area contributed by atoms with Crippen LogP contribution in [0.4, 0.5) is 0 Å². The lowest BCUT2D eigenvalue weighted by atomic mass is 10.0. The van der Waals surface area contributed by atoms with Gasteiger partial charge >= 0.3 is 7.60 Å². The molecule has 0 aliphatic heterocycles. The summed E-state index contributed by atoms with van der Waals surface area (Å²) in [5.74, 6) is -2.20. The predicted molar refractivity (Wildman–Crippen MR) is 46.1 cm³/mol. The molecule has 17 heavy (non-hydrogen) atoms. The summed E-state index contributed by atoms with van der Waals surface area (Å²) in [7, 11) is -5.37. The molecule has 0 bridgehead atoms. The fourth-order valence-electron chi connectivity index (χ4n) is 0.831. The first-order valence-corrected chi connectivity index (χ1v) is 5.64. The smallest absolute Gasteiger partial charge is 0.394 e. The number of rotatable bonds is 6. The first kappa shape index (κ1) is 16.1. The van der Waals surface area contributed by atoms with E-state index in [1.165, 1.54) is 0 Å². The Kier molecular flexibility index (Phi) is 5.36. The molecular formula is C6H10O10P-. The lowest BCUT2D eigenvalue weighted by molar-refractivity contribution is -0.320. The fourth-order valence-corrected chi connectivity index (χ4v) is 1.33. The molecule has 0 unspecified atom stereocenters. The van der Waals surface area contributed by atoms with Gasteiger partial charge in [0.1, 0.15) is 18.3 Å². The van der Waals surface area contributed by atoms with Gasteiger partial charge < -0.3 is 40.1 Å². The van der Waals surface area contributed by atoms with Crippen molar-refractivity contribution in [1.82, 2.24) is 0 Å². The van der Waals surface area contributed by atoms with E-state index in [1.807, 2.05) is 0 Å². The minimum atomic E-state index is -5.37. The molecule has 0 spiro atoms. The molecule has 0 amide bonds. The van der Waals surface area contributed by atoms with Gasteiger partial charge in [0.05, 0.1) is 5.97 Å². The summed E-state index contributed by atoms with van der Waals surface area (Å²) < 4.78 is 10.4. The third-order valence-corrected chi connectivity index (χ3v) is 2.62. The second-order valence-corrected chi connectivity index (χ2v) is 4.60. The van der Waals surface area contributed by atoms with Gasteiger partial charge in [0.25, 0.3) is 5.52 Å². The highest BCUT2D eigenvalue weighted by Gasteiger charge is 2.41. The van der Waals surface area contributed by atoms with Crippen molar-refractivity contribution in [3.8, 4) is 0 Å². The van der Waals surface area contributed by atoms with E-state index < -0.39 is 43.5 Å². The Bertz CT molecular complexity index is 347. The van der Waals surface area contributed by atoms with E-state index in [0.717, 1.165) is 0 Å². The molecule has 0 aromatic heterocycles. The molecule has 0 aromatic rings. The van der Waals surface area contributed by atoms with Crippen LogP contribution in [0.5, 0.6) is 0 Å². The molecule has 0 saturated heterocycles. The van der Waals surface area contributed by atoms with Crippen LogP contribution in [0.2, 0.25) is 0 Å². The number of carboxylic acids is 1. The van der Waals surface area contributed by atoms with E-state index in [0.29, 0.717) is 0 Å². The lowest BCUT2D eigenvalue weighted by Gasteiger charge is -2.26. The molecule has 0 aliphatic rings. The van der Waals surface area contributed by atoms with Gasteiger partial charge in [-0.3, -0.25) is 9.36 Å². The number of aliphatic hydroxyl groups is 4. The Balaban J connectivity index is 4.83. The maximum absolute atomic E-state index is 10.8. The molecule has 0 rings (SSSR count). The van der Waals surface area contributed by atoms with E-state index in [4.69, 9.17) is 30.2 Å². The van der Waals surface area contributed by atoms with Crippen molar-refractivity contribution in [2.75, 3.05) is 0 Å². The van der Waals surface area contributed by atoms with Crippen molar-refractivity contribution in [1.29, 1.82) is 0 Å². The van der Waals surface area contributed by atoms with E-state index in [-0.39, 0.29) is 0 Å². The highest BCUT2D eigenvalue weighted by molar-refractivity contribution is 7.70. The molecule has 100 valence electrons. The molecule has 0 saturated carbocycles. The summed E-state index contributed by atoms with van der Waals surface area (Å²) in [5, 5.41) is 45.7. The van der Waals surface area contributed by atoms with E-state index in [9.17, 15) is 19.3 Å². The van der Waals surface area contributed by atoms with Crippen LogP contribution >= 0.6 is 7.60 Å². The molecular weight excluding hydrogens is 263 g/mol. The Morgan fingerprint density at radius 2 is 1.29 bits per heavy atom. The normalized spacial score (nSPS) is 19.2. The van der Waals surface area contributed by atoms with Crippen molar-refractivity contribution in [2.45, 2.75) is 24.4 Å². The van der Waals surface area contributed by atoms with Crippen LogP contribution in [0, 0.1) is 0 Å². The Morgan fingerprint density at radius 3 is 1.59 bits per heavy atom. The first-order valence-electron chi connectivity index (χ1n) is 4.03. The number of carbonyl (C=O) groups excluding carboxylic acids is 2. The summed E-state index contributed by atoms with van der Waals surface area (Å²) in [6.45, 7) is 0. The largest absolute Gasteiger partial charge is 0.547 e. The number of carbonyl (C=O) groups is 2. The molecule has 0 aromatic carbocycles. The molecule has 0 radical (unpaired) electrons. The van der Waals surface area contributed by atoms with Crippen LogP contribution < -0.4 is 5.11 Å². The average Bonchev–Trinajstić information content (AvgIpc) is 2.22. The molecule has 0 heterocycles. The number of carboxylic acid groups (broad SMARTS) is 1. The quantitative estimate of drug-likeness (QED) is 0.254. The SMILES string of the molecule is O=C([O-])[C@@H](O)[C@@H](O)[C@H](O)[C@@H](O)C(=O)P(=O)(O)O. The maximum Gasteiger partial charge on any atom is 0.394 e. The minimum absolute atomic E-state index is 2.12. The average molecular weight is 273 g/mol. The highest BCUT2D eigenvalue weighted by atomic mass is 31.2. The number of aliphatic carboxylic acids is 1. The Morgan fingerprint density at radius 1 is 0.941 bits per heavy atom. The minimum Gasteiger partial charge on any atom is -0.547 e. The van der Waals surface area contributed by atoms with Gasteiger partial charge in [-0.25, -0.2) is 0 Å². The Labute approximate surface area is 93.9 Å². The van der Waals surface area contributed by atoms with Gasteiger partial charge in [0.15, 0.2) is 6.10 Å². The third kappa shape index (κ3) is 4.13. The molecule has 4 atom stereocenters. The van der Waals surface area contributed by atoms with Crippen molar-refractivity contribution in [3.63, 3.8) is 0 Å². The van der Waals surface area contributed by atoms with Crippen LogP contribution in [-0.4, -0.2) is 66.1 Å². The van der Waals surface area contributed by atoms with Gasteiger partial charge in [-0.15, -0.1) is 0 Å². The Hall–Kier alpha value is -0.870. The molecule has 10 nitrogen and oxygen atoms in total.